The Morgan fingerprint density at radius 1 is 0.875 bits per heavy atom. The van der Waals surface area contributed by atoms with E-state index in [-0.39, 0.29) is 25.5 Å². The number of hydrogen-bond donors (Lipinski definition) is 4. The summed E-state index contributed by atoms with van der Waals surface area (Å²) in [6.07, 6.45) is -0.805. The van der Waals surface area contributed by atoms with Crippen LogP contribution in [0.4, 0.5) is 4.79 Å². The van der Waals surface area contributed by atoms with Gasteiger partial charge in [0.1, 0.15) is 6.61 Å². The summed E-state index contributed by atoms with van der Waals surface area (Å²) < 4.78 is 5.10. The maximum Gasteiger partial charge on any atom is 0.407 e. The molecule has 2 heterocycles. The van der Waals surface area contributed by atoms with E-state index in [2.05, 4.69) is 5.32 Å². The van der Waals surface area contributed by atoms with Crippen molar-refractivity contribution in [3.8, 4) is 0 Å². The van der Waals surface area contributed by atoms with Crippen molar-refractivity contribution in [2.75, 3.05) is 0 Å². The van der Waals surface area contributed by atoms with Crippen LogP contribution in [0.1, 0.15) is 40.2 Å². The number of carbonyl (C=O) groups excluding carboxylic acids is 1. The van der Waals surface area contributed by atoms with Gasteiger partial charge in [-0.1, -0.05) is 42.5 Å². The van der Waals surface area contributed by atoms with Gasteiger partial charge >= 0.3 is 18.0 Å². The summed E-state index contributed by atoms with van der Waals surface area (Å²) >= 11 is 2.88. The maximum atomic E-state index is 11.8. The van der Waals surface area contributed by atoms with Gasteiger partial charge in [-0.15, -0.1) is 22.7 Å². The van der Waals surface area contributed by atoms with Crippen LogP contribution >= 0.6 is 22.7 Å². The molecule has 0 fully saturated rings. The Morgan fingerprint density at radius 3 is 2.00 bits per heavy atom. The summed E-state index contributed by atoms with van der Waals surface area (Å²) in [5.41, 5.74) is 6.44. The highest BCUT2D eigenvalue weighted by atomic mass is 32.1. The minimum absolute atomic E-state index is 0.000509. The molecule has 170 valence electrons. The number of carbonyl (C=O) groups is 3. The Bertz CT molecular complexity index is 962. The van der Waals surface area contributed by atoms with Gasteiger partial charge in [0, 0.05) is 15.8 Å². The lowest BCUT2D eigenvalue weighted by molar-refractivity contribution is -0.138. The number of carboxylic acid groups (broad SMARTS) is 2. The minimum Gasteiger partial charge on any atom is -0.481 e. The topological polar surface area (TPSA) is 139 Å². The lowest BCUT2D eigenvalue weighted by atomic mass is 10.2. The molecule has 0 bridgehead atoms. The van der Waals surface area contributed by atoms with Crippen LogP contribution in [0.3, 0.4) is 0 Å². The summed E-state index contributed by atoms with van der Waals surface area (Å²) in [6.45, 7) is 0.150. The molecule has 0 aliphatic carbocycles. The van der Waals surface area contributed by atoms with E-state index in [0.29, 0.717) is 0 Å². The van der Waals surface area contributed by atoms with Crippen LogP contribution < -0.4 is 11.1 Å². The quantitative estimate of drug-likeness (QED) is 0.359. The third-order valence-electron chi connectivity index (χ3n) is 4.07. The van der Waals surface area contributed by atoms with Crippen molar-refractivity contribution in [3.05, 3.63) is 80.7 Å². The highest BCUT2D eigenvalue weighted by Crippen LogP contribution is 2.22. The molecule has 10 heteroatoms. The second kappa shape index (κ2) is 13.3. The minimum atomic E-state index is -0.975. The van der Waals surface area contributed by atoms with Crippen LogP contribution in [0, 0.1) is 0 Å². The average Bonchev–Trinajstić information content (AvgIpc) is 3.46. The van der Waals surface area contributed by atoms with Crippen LogP contribution in [-0.4, -0.2) is 28.2 Å². The van der Waals surface area contributed by atoms with Crippen LogP contribution in [0.25, 0.3) is 0 Å². The van der Waals surface area contributed by atoms with Crippen LogP contribution in [0.2, 0.25) is 0 Å². The first-order valence-corrected chi connectivity index (χ1v) is 11.3. The SMILES string of the molecule is N[C@@H](CC(=O)O)c1cccs1.O=C(O)C[C@H](NC(=O)OCc1ccccc1)c1cccs1. The number of hydrogen-bond acceptors (Lipinski definition) is 7. The third-order valence-corrected chi connectivity index (χ3v) is 6.06. The van der Waals surface area contributed by atoms with E-state index in [4.69, 9.17) is 20.7 Å². The number of benzene rings is 1. The first-order valence-electron chi connectivity index (χ1n) is 9.58. The molecule has 0 unspecified atom stereocenters. The van der Waals surface area contributed by atoms with Crippen LogP contribution in [0.15, 0.2) is 65.4 Å². The largest absolute Gasteiger partial charge is 0.481 e. The number of nitrogens with two attached hydrogens (primary N) is 1. The van der Waals surface area contributed by atoms with Crippen molar-refractivity contribution in [2.45, 2.75) is 31.5 Å². The number of rotatable bonds is 9. The van der Waals surface area contributed by atoms with Crippen molar-refractivity contribution >= 4 is 40.7 Å². The Kier molecular flexibility index (Phi) is 10.4. The Labute approximate surface area is 193 Å². The van der Waals surface area contributed by atoms with Gasteiger partial charge in [-0.05, 0) is 28.5 Å². The summed E-state index contributed by atoms with van der Waals surface area (Å²) in [5.74, 6) is -1.83. The van der Waals surface area contributed by atoms with E-state index in [1.807, 2.05) is 59.3 Å². The Balaban J connectivity index is 0.000000278. The molecule has 1 aromatic carbocycles. The standard InChI is InChI=1S/C15H15NO4S.C7H9NO2S/c17-14(18)9-12(13-7-4-8-21-13)16-15(19)20-10-11-5-2-1-3-6-11;8-5(4-7(9)10)6-2-1-3-11-6/h1-8,12H,9-10H2,(H,16,19)(H,17,18);1-3,5H,4,8H2,(H,9,10)/t12-;5-/m00/s1. The lowest BCUT2D eigenvalue weighted by Gasteiger charge is -2.15. The molecule has 0 aliphatic rings. The fraction of sp³-hybridized carbons (Fsp3) is 0.227. The molecular formula is C22H24N2O6S2. The third kappa shape index (κ3) is 9.29. The summed E-state index contributed by atoms with van der Waals surface area (Å²) in [4.78, 5) is 34.6. The van der Waals surface area contributed by atoms with Gasteiger partial charge in [-0.25, -0.2) is 4.79 Å². The van der Waals surface area contributed by atoms with Gasteiger partial charge in [0.05, 0.1) is 18.9 Å². The Morgan fingerprint density at radius 2 is 1.47 bits per heavy atom. The van der Waals surface area contributed by atoms with Gasteiger partial charge < -0.3 is 26.0 Å². The number of alkyl carbamates (subject to hydrolysis) is 1. The number of amides is 1. The number of carboxylic acids is 2. The Hall–Kier alpha value is -3.21. The van der Waals surface area contributed by atoms with E-state index in [1.54, 1.807) is 6.07 Å². The molecule has 3 rings (SSSR count). The first kappa shape index (κ1) is 25.1. The summed E-state index contributed by atoms with van der Waals surface area (Å²) in [6, 6.07) is 15.7. The molecule has 2 atom stereocenters. The number of ether oxygens (including phenoxy) is 1. The normalized spacial score (nSPS) is 12.0. The smallest absolute Gasteiger partial charge is 0.407 e. The molecule has 2 aromatic heterocycles. The molecule has 3 aromatic rings. The van der Waals surface area contributed by atoms with E-state index in [9.17, 15) is 14.4 Å². The highest BCUT2D eigenvalue weighted by molar-refractivity contribution is 7.10. The van der Waals surface area contributed by atoms with Crippen molar-refractivity contribution in [1.29, 1.82) is 0 Å². The van der Waals surface area contributed by atoms with Crippen molar-refractivity contribution < 1.29 is 29.3 Å². The zero-order valence-corrected chi connectivity index (χ0v) is 18.7. The van der Waals surface area contributed by atoms with Crippen molar-refractivity contribution in [2.24, 2.45) is 5.73 Å². The highest BCUT2D eigenvalue weighted by Gasteiger charge is 2.19. The van der Waals surface area contributed by atoms with E-state index in [1.165, 1.54) is 22.7 Å². The molecular weight excluding hydrogens is 452 g/mol. The monoisotopic (exact) mass is 476 g/mol. The number of nitrogens with one attached hydrogen (secondary N) is 1. The van der Waals surface area contributed by atoms with Gasteiger partial charge in [0.25, 0.3) is 0 Å². The molecule has 0 aliphatic heterocycles. The molecule has 5 N–H and O–H groups in total. The van der Waals surface area contributed by atoms with Crippen LogP contribution in [0.5, 0.6) is 0 Å². The van der Waals surface area contributed by atoms with E-state index < -0.39 is 24.1 Å². The molecule has 0 saturated heterocycles. The maximum absolute atomic E-state index is 11.8. The summed E-state index contributed by atoms with van der Waals surface area (Å²) in [7, 11) is 0. The van der Waals surface area contributed by atoms with Crippen molar-refractivity contribution in [3.63, 3.8) is 0 Å². The molecule has 1 amide bonds. The van der Waals surface area contributed by atoms with Gasteiger partial charge in [0.2, 0.25) is 0 Å². The zero-order valence-electron chi connectivity index (χ0n) is 17.0. The predicted molar refractivity (Wildman–Crippen MR) is 123 cm³/mol. The number of thiophene rings is 2. The molecule has 32 heavy (non-hydrogen) atoms. The first-order chi connectivity index (χ1) is 15.3. The second-order valence-corrected chi connectivity index (χ2v) is 8.55. The van der Waals surface area contributed by atoms with Gasteiger partial charge in [-0.3, -0.25) is 9.59 Å². The van der Waals surface area contributed by atoms with Gasteiger partial charge in [0.15, 0.2) is 0 Å². The summed E-state index contributed by atoms with van der Waals surface area (Å²) in [5, 5.41) is 23.6. The molecule has 0 spiro atoms. The molecule has 0 radical (unpaired) electrons. The van der Waals surface area contributed by atoms with Crippen LogP contribution in [-0.2, 0) is 20.9 Å². The second-order valence-electron chi connectivity index (χ2n) is 6.59. The molecule has 0 saturated carbocycles. The lowest BCUT2D eigenvalue weighted by Crippen LogP contribution is -2.30. The van der Waals surface area contributed by atoms with E-state index in [0.717, 1.165) is 15.3 Å². The molecule has 8 nitrogen and oxygen atoms in total. The van der Waals surface area contributed by atoms with Gasteiger partial charge in [-0.2, -0.15) is 0 Å². The fourth-order valence-corrected chi connectivity index (χ4v) is 4.09. The number of aliphatic carboxylic acids is 2. The van der Waals surface area contributed by atoms with E-state index >= 15 is 0 Å². The predicted octanol–water partition coefficient (Wildman–Crippen LogP) is 4.41. The average molecular weight is 477 g/mol. The zero-order chi connectivity index (χ0) is 23.3. The fourth-order valence-electron chi connectivity index (χ4n) is 2.58. The van der Waals surface area contributed by atoms with Crippen molar-refractivity contribution in [1.82, 2.24) is 5.32 Å².